The number of sulfonamides is 1. The third-order valence-corrected chi connectivity index (χ3v) is 3.99. The van der Waals surface area contributed by atoms with Gasteiger partial charge in [-0.3, -0.25) is 4.72 Å². The Hall–Kier alpha value is -2.15. The quantitative estimate of drug-likeness (QED) is 0.856. The molecular weight excluding hydrogens is 286 g/mol. The number of aryl methyl sites for hydroxylation is 1. The smallest absolute Gasteiger partial charge is 0.264 e. The maximum Gasteiger partial charge on any atom is 0.264 e. The van der Waals surface area contributed by atoms with Crippen LogP contribution >= 0.6 is 0 Å². The van der Waals surface area contributed by atoms with E-state index < -0.39 is 26.6 Å². The normalized spacial score (nSPS) is 11.3. The number of halogens is 2. The van der Waals surface area contributed by atoms with Crippen molar-refractivity contribution in [2.24, 2.45) is 0 Å². The molecule has 0 bridgehead atoms. The van der Waals surface area contributed by atoms with Crippen LogP contribution in [0.4, 0.5) is 20.2 Å². The van der Waals surface area contributed by atoms with Crippen molar-refractivity contribution < 1.29 is 17.2 Å². The van der Waals surface area contributed by atoms with E-state index in [2.05, 4.69) is 4.72 Å². The number of hydrogen-bond donors (Lipinski definition) is 2. The minimum absolute atomic E-state index is 0.00415. The lowest BCUT2D eigenvalue weighted by Crippen LogP contribution is -2.15. The fourth-order valence-corrected chi connectivity index (χ4v) is 2.96. The van der Waals surface area contributed by atoms with Crippen LogP contribution in [0.25, 0.3) is 0 Å². The van der Waals surface area contributed by atoms with Crippen LogP contribution in [-0.2, 0) is 10.0 Å². The zero-order valence-electron chi connectivity index (χ0n) is 10.5. The van der Waals surface area contributed by atoms with Crippen molar-refractivity contribution >= 4 is 21.4 Å². The summed E-state index contributed by atoms with van der Waals surface area (Å²) >= 11 is 0. The second kappa shape index (κ2) is 5.09. The molecule has 0 amide bonds. The third-order valence-electron chi connectivity index (χ3n) is 2.61. The van der Waals surface area contributed by atoms with E-state index in [1.807, 2.05) is 0 Å². The molecule has 0 saturated heterocycles. The monoisotopic (exact) mass is 298 g/mol. The van der Waals surface area contributed by atoms with Crippen molar-refractivity contribution in [1.29, 1.82) is 0 Å². The summed E-state index contributed by atoms with van der Waals surface area (Å²) < 4.78 is 53.3. The van der Waals surface area contributed by atoms with Crippen molar-refractivity contribution in [1.82, 2.24) is 0 Å². The van der Waals surface area contributed by atoms with Gasteiger partial charge in [-0.1, -0.05) is 6.07 Å². The lowest BCUT2D eigenvalue weighted by Gasteiger charge is -2.11. The lowest BCUT2D eigenvalue weighted by atomic mass is 10.2. The molecule has 2 aromatic carbocycles. The van der Waals surface area contributed by atoms with Gasteiger partial charge in [0.05, 0.1) is 5.69 Å². The minimum atomic E-state index is -4.18. The number of benzene rings is 2. The van der Waals surface area contributed by atoms with Gasteiger partial charge in [-0.25, -0.2) is 17.2 Å². The molecule has 20 heavy (non-hydrogen) atoms. The van der Waals surface area contributed by atoms with Crippen LogP contribution in [0.15, 0.2) is 41.3 Å². The average Bonchev–Trinajstić information content (AvgIpc) is 2.33. The van der Waals surface area contributed by atoms with Crippen LogP contribution in [0, 0.1) is 18.6 Å². The van der Waals surface area contributed by atoms with Gasteiger partial charge < -0.3 is 5.73 Å². The van der Waals surface area contributed by atoms with E-state index in [0.717, 1.165) is 12.1 Å². The molecule has 2 rings (SSSR count). The van der Waals surface area contributed by atoms with Crippen molar-refractivity contribution in [2.45, 2.75) is 11.8 Å². The van der Waals surface area contributed by atoms with Crippen LogP contribution in [0.5, 0.6) is 0 Å². The topological polar surface area (TPSA) is 72.2 Å². The molecular formula is C13H12F2N2O2S. The summed E-state index contributed by atoms with van der Waals surface area (Å²) in [5, 5.41) is 0. The summed E-state index contributed by atoms with van der Waals surface area (Å²) in [5.74, 6) is -1.49. The molecule has 0 unspecified atom stereocenters. The van der Waals surface area contributed by atoms with E-state index in [1.54, 1.807) is 0 Å². The van der Waals surface area contributed by atoms with Crippen LogP contribution < -0.4 is 10.5 Å². The highest BCUT2D eigenvalue weighted by Crippen LogP contribution is 2.24. The molecule has 7 heteroatoms. The van der Waals surface area contributed by atoms with Crippen LogP contribution in [0.3, 0.4) is 0 Å². The van der Waals surface area contributed by atoms with Gasteiger partial charge in [-0.15, -0.1) is 0 Å². The van der Waals surface area contributed by atoms with E-state index in [0.29, 0.717) is 0 Å². The molecule has 0 atom stereocenters. The summed E-state index contributed by atoms with van der Waals surface area (Å²) in [6.45, 7) is 1.41. The minimum Gasteiger partial charge on any atom is -0.399 e. The predicted molar refractivity (Wildman–Crippen MR) is 72.8 cm³/mol. The largest absolute Gasteiger partial charge is 0.399 e. The number of hydrogen-bond acceptors (Lipinski definition) is 3. The van der Waals surface area contributed by atoms with Gasteiger partial charge in [0.1, 0.15) is 16.5 Å². The van der Waals surface area contributed by atoms with Gasteiger partial charge in [-0.05, 0) is 42.8 Å². The number of rotatable bonds is 3. The Morgan fingerprint density at radius 1 is 1.15 bits per heavy atom. The van der Waals surface area contributed by atoms with Gasteiger partial charge in [0, 0.05) is 5.69 Å². The summed E-state index contributed by atoms with van der Waals surface area (Å²) in [4.78, 5) is -0.570. The van der Waals surface area contributed by atoms with E-state index >= 15 is 0 Å². The highest BCUT2D eigenvalue weighted by atomic mass is 32.2. The Kier molecular flexibility index (Phi) is 3.63. The number of nitrogens with two attached hydrogens (primary N) is 1. The van der Waals surface area contributed by atoms with Crippen molar-refractivity contribution in [3.05, 3.63) is 53.6 Å². The molecule has 0 radical (unpaired) electrons. The van der Waals surface area contributed by atoms with Gasteiger partial charge in [0.25, 0.3) is 10.0 Å². The highest BCUT2D eigenvalue weighted by Gasteiger charge is 2.21. The Labute approximate surface area is 115 Å². The fraction of sp³-hybridized carbons (Fsp3) is 0.0769. The van der Waals surface area contributed by atoms with Crippen LogP contribution in [0.2, 0.25) is 0 Å². The zero-order chi connectivity index (χ0) is 14.9. The maximum atomic E-state index is 13.9. The summed E-state index contributed by atoms with van der Waals surface area (Å²) in [6, 6.07) is 7.21. The molecule has 0 fully saturated rings. The molecule has 3 N–H and O–H groups in total. The van der Waals surface area contributed by atoms with Crippen LogP contribution in [-0.4, -0.2) is 8.42 Å². The number of nitrogens with one attached hydrogen (secondary N) is 1. The summed E-state index contributed by atoms with van der Waals surface area (Å²) in [5.41, 5.74) is 5.77. The molecule has 0 spiro atoms. The lowest BCUT2D eigenvalue weighted by molar-refractivity contribution is 0.565. The SMILES string of the molecule is Cc1cc(N)cc(S(=O)(=O)Nc2cccc(F)c2)c1F. The first kappa shape index (κ1) is 14.3. The first-order valence-corrected chi connectivity index (χ1v) is 7.12. The van der Waals surface area contributed by atoms with Gasteiger partial charge in [-0.2, -0.15) is 0 Å². The zero-order valence-corrected chi connectivity index (χ0v) is 11.3. The van der Waals surface area contributed by atoms with E-state index in [-0.39, 0.29) is 16.9 Å². The van der Waals surface area contributed by atoms with E-state index in [4.69, 9.17) is 5.73 Å². The molecule has 106 valence electrons. The Bertz CT molecular complexity index is 761. The molecule has 0 aromatic heterocycles. The Morgan fingerprint density at radius 2 is 1.85 bits per heavy atom. The first-order valence-electron chi connectivity index (χ1n) is 5.63. The maximum absolute atomic E-state index is 13.9. The van der Waals surface area contributed by atoms with E-state index in [9.17, 15) is 17.2 Å². The molecule has 0 aliphatic heterocycles. The molecule has 0 heterocycles. The van der Waals surface area contributed by atoms with Gasteiger partial charge in [0.15, 0.2) is 0 Å². The predicted octanol–water partition coefficient (Wildman–Crippen LogP) is 2.66. The molecule has 2 aromatic rings. The first-order chi connectivity index (χ1) is 9.29. The summed E-state index contributed by atoms with van der Waals surface area (Å²) in [7, 11) is -4.18. The fourth-order valence-electron chi connectivity index (χ4n) is 1.72. The molecule has 0 aliphatic rings. The molecule has 0 aliphatic carbocycles. The van der Waals surface area contributed by atoms with Crippen LogP contribution in [0.1, 0.15) is 5.56 Å². The van der Waals surface area contributed by atoms with E-state index in [1.165, 1.54) is 31.2 Å². The Morgan fingerprint density at radius 3 is 2.50 bits per heavy atom. The summed E-state index contributed by atoms with van der Waals surface area (Å²) in [6.07, 6.45) is 0. The average molecular weight is 298 g/mol. The molecule has 0 saturated carbocycles. The third kappa shape index (κ3) is 2.88. The second-order valence-corrected chi connectivity index (χ2v) is 5.92. The molecule has 4 nitrogen and oxygen atoms in total. The van der Waals surface area contributed by atoms with Crippen molar-refractivity contribution in [3.63, 3.8) is 0 Å². The van der Waals surface area contributed by atoms with Gasteiger partial charge >= 0.3 is 0 Å². The van der Waals surface area contributed by atoms with Crippen molar-refractivity contribution in [2.75, 3.05) is 10.5 Å². The number of anilines is 2. The standard InChI is InChI=1S/C13H12F2N2O2S/c1-8-5-10(16)7-12(13(8)15)20(18,19)17-11-4-2-3-9(14)6-11/h2-7,17H,16H2,1H3. The Balaban J connectivity index is 2.46. The highest BCUT2D eigenvalue weighted by molar-refractivity contribution is 7.92. The number of nitrogen functional groups attached to an aromatic ring is 1. The van der Waals surface area contributed by atoms with Gasteiger partial charge in [0.2, 0.25) is 0 Å². The second-order valence-electron chi connectivity index (χ2n) is 4.27. The van der Waals surface area contributed by atoms with Crippen molar-refractivity contribution in [3.8, 4) is 0 Å².